The van der Waals surface area contributed by atoms with Gasteiger partial charge in [-0.1, -0.05) is 6.08 Å². The molecule has 2 heterocycles. The Morgan fingerprint density at radius 2 is 2.10 bits per heavy atom. The van der Waals surface area contributed by atoms with E-state index in [1.54, 1.807) is 6.26 Å². The van der Waals surface area contributed by atoms with E-state index in [0.717, 1.165) is 62.6 Å². The number of anilines is 1. The molecule has 0 aromatic heterocycles. The van der Waals surface area contributed by atoms with E-state index in [4.69, 9.17) is 15.9 Å². The molecule has 4 rings (SSSR count). The maximum absolute atomic E-state index is 11.8. The van der Waals surface area contributed by atoms with Gasteiger partial charge in [-0.3, -0.25) is 5.41 Å². The van der Waals surface area contributed by atoms with E-state index in [9.17, 15) is 4.21 Å². The van der Waals surface area contributed by atoms with Crippen LogP contribution in [0.1, 0.15) is 24.8 Å². The standard InChI is InChI=1S/C21H29N5O2S/c1-29(27)26-10-2-9-25(11-12-26)20-13-15(7-8-24-20)21(23)18-14-17(5-6-19(18)22)28-16-3-4-16/h5-7,13-14,16,23-24H,2-4,8-12,22H2,1H3. The minimum Gasteiger partial charge on any atom is -0.490 e. The first-order chi connectivity index (χ1) is 14.0. The monoisotopic (exact) mass is 415 g/mol. The summed E-state index contributed by atoms with van der Waals surface area (Å²) >= 11 is 0. The summed E-state index contributed by atoms with van der Waals surface area (Å²) in [5.74, 6) is 1.79. The summed E-state index contributed by atoms with van der Waals surface area (Å²) in [5.41, 5.74) is 8.74. The second kappa shape index (κ2) is 8.59. The number of nitrogens with zero attached hydrogens (tertiary/aromatic N) is 2. The molecule has 4 N–H and O–H groups in total. The van der Waals surface area contributed by atoms with Crippen molar-refractivity contribution in [2.24, 2.45) is 0 Å². The molecule has 0 amide bonds. The fourth-order valence-corrected chi connectivity index (χ4v) is 4.38. The van der Waals surface area contributed by atoms with Crippen LogP contribution < -0.4 is 15.8 Å². The first kappa shape index (κ1) is 20.0. The molecule has 0 radical (unpaired) electrons. The zero-order valence-corrected chi connectivity index (χ0v) is 17.6. The van der Waals surface area contributed by atoms with Gasteiger partial charge in [-0.25, -0.2) is 8.51 Å². The van der Waals surface area contributed by atoms with E-state index in [0.29, 0.717) is 29.6 Å². The Kier molecular flexibility index (Phi) is 5.91. The minimum absolute atomic E-state index is 0.310. The predicted octanol–water partition coefficient (Wildman–Crippen LogP) is 1.85. The van der Waals surface area contributed by atoms with Crippen molar-refractivity contribution in [2.75, 3.05) is 44.7 Å². The van der Waals surface area contributed by atoms with Crippen molar-refractivity contribution in [3.8, 4) is 5.75 Å². The second-order valence-corrected chi connectivity index (χ2v) is 9.07. The molecule has 1 aromatic rings. The van der Waals surface area contributed by atoms with E-state index < -0.39 is 11.0 Å². The number of dihydropyridines is 1. The molecule has 1 saturated heterocycles. The number of nitrogens with two attached hydrogens (primary N) is 1. The van der Waals surface area contributed by atoms with Gasteiger partial charge in [0.1, 0.15) is 11.6 Å². The first-order valence-corrected chi connectivity index (χ1v) is 11.7. The van der Waals surface area contributed by atoms with Gasteiger partial charge in [-0.05, 0) is 43.5 Å². The van der Waals surface area contributed by atoms with Crippen LogP contribution in [0.25, 0.3) is 0 Å². The molecular weight excluding hydrogens is 386 g/mol. The van der Waals surface area contributed by atoms with Crippen molar-refractivity contribution in [3.05, 3.63) is 47.3 Å². The van der Waals surface area contributed by atoms with E-state index in [-0.39, 0.29) is 0 Å². The molecule has 2 aliphatic heterocycles. The van der Waals surface area contributed by atoms with Gasteiger partial charge in [0.15, 0.2) is 0 Å². The highest BCUT2D eigenvalue weighted by atomic mass is 32.2. The molecule has 7 nitrogen and oxygen atoms in total. The van der Waals surface area contributed by atoms with Crippen LogP contribution in [0.15, 0.2) is 41.7 Å². The Bertz CT molecular complexity index is 878. The minimum atomic E-state index is -0.932. The average molecular weight is 416 g/mol. The fourth-order valence-electron chi connectivity index (χ4n) is 3.65. The maximum atomic E-state index is 11.8. The smallest absolute Gasteiger partial charge is 0.120 e. The number of benzene rings is 1. The van der Waals surface area contributed by atoms with Gasteiger partial charge in [0.05, 0.1) is 22.8 Å². The third kappa shape index (κ3) is 4.82. The van der Waals surface area contributed by atoms with Crippen molar-refractivity contribution < 1.29 is 8.95 Å². The van der Waals surface area contributed by atoms with E-state index in [1.165, 1.54) is 0 Å². The van der Waals surface area contributed by atoms with Gasteiger partial charge >= 0.3 is 0 Å². The number of allylic oxidation sites excluding steroid dienone is 2. The van der Waals surface area contributed by atoms with Crippen molar-refractivity contribution in [3.63, 3.8) is 0 Å². The Hall–Kier alpha value is -2.32. The molecule has 3 aliphatic rings. The van der Waals surface area contributed by atoms with Gasteiger partial charge in [0, 0.05) is 55.8 Å². The van der Waals surface area contributed by atoms with E-state index in [1.807, 2.05) is 34.7 Å². The summed E-state index contributed by atoms with van der Waals surface area (Å²) in [6.07, 6.45) is 9.25. The Morgan fingerprint density at radius 1 is 1.28 bits per heavy atom. The van der Waals surface area contributed by atoms with Crippen LogP contribution in [-0.2, 0) is 11.0 Å². The lowest BCUT2D eigenvalue weighted by atomic mass is 9.98. The summed E-state index contributed by atoms with van der Waals surface area (Å²) in [7, 11) is -0.932. The SMILES string of the molecule is CS(=O)N1CCCN(C2=CC(C(=N)c3cc(OC4CC4)ccc3N)=CCN2)CC1. The lowest BCUT2D eigenvalue weighted by Crippen LogP contribution is -2.37. The van der Waals surface area contributed by atoms with Crippen molar-refractivity contribution >= 4 is 22.4 Å². The van der Waals surface area contributed by atoms with Crippen LogP contribution >= 0.6 is 0 Å². The van der Waals surface area contributed by atoms with Crippen molar-refractivity contribution in [1.29, 1.82) is 5.41 Å². The second-order valence-electron chi connectivity index (χ2n) is 7.70. The van der Waals surface area contributed by atoms with Crippen LogP contribution in [0.2, 0.25) is 0 Å². The Balaban J connectivity index is 1.50. The third-order valence-corrected chi connectivity index (χ3v) is 6.56. The molecule has 1 aromatic carbocycles. The zero-order valence-electron chi connectivity index (χ0n) is 16.8. The number of hydrogen-bond acceptors (Lipinski definition) is 6. The van der Waals surface area contributed by atoms with Gasteiger partial charge in [-0.2, -0.15) is 0 Å². The van der Waals surface area contributed by atoms with Crippen LogP contribution in [0.5, 0.6) is 5.75 Å². The summed E-state index contributed by atoms with van der Waals surface area (Å²) < 4.78 is 19.7. The van der Waals surface area contributed by atoms with Crippen molar-refractivity contribution in [2.45, 2.75) is 25.4 Å². The van der Waals surface area contributed by atoms with Gasteiger partial charge in [-0.15, -0.1) is 0 Å². The van der Waals surface area contributed by atoms with Crippen LogP contribution in [0.4, 0.5) is 5.69 Å². The van der Waals surface area contributed by atoms with Crippen molar-refractivity contribution in [1.82, 2.24) is 14.5 Å². The molecule has 1 unspecified atom stereocenters. The molecule has 1 atom stereocenters. The third-order valence-electron chi connectivity index (χ3n) is 5.47. The molecule has 156 valence electrons. The van der Waals surface area contributed by atoms with Crippen LogP contribution in [0, 0.1) is 5.41 Å². The maximum Gasteiger partial charge on any atom is 0.120 e. The highest BCUT2D eigenvalue weighted by Crippen LogP contribution is 2.30. The number of nitrogens with one attached hydrogen (secondary N) is 2. The molecule has 1 saturated carbocycles. The summed E-state index contributed by atoms with van der Waals surface area (Å²) in [6.45, 7) is 4.00. The quantitative estimate of drug-likeness (QED) is 0.487. The molecular formula is C21H29N5O2S. The number of rotatable bonds is 6. The molecule has 1 aliphatic carbocycles. The predicted molar refractivity (Wildman–Crippen MR) is 117 cm³/mol. The van der Waals surface area contributed by atoms with E-state index >= 15 is 0 Å². The molecule has 29 heavy (non-hydrogen) atoms. The summed E-state index contributed by atoms with van der Waals surface area (Å²) in [4.78, 5) is 2.28. The van der Waals surface area contributed by atoms with Gasteiger partial charge in [0.25, 0.3) is 0 Å². The number of hydrogen-bond donors (Lipinski definition) is 3. The average Bonchev–Trinajstić information content (AvgIpc) is 3.55. The normalized spacial score (nSPS) is 21.5. The highest BCUT2D eigenvalue weighted by Gasteiger charge is 2.24. The number of nitrogen functional groups attached to an aromatic ring is 1. The van der Waals surface area contributed by atoms with Gasteiger partial charge < -0.3 is 20.7 Å². The lowest BCUT2D eigenvalue weighted by molar-refractivity contribution is 0.303. The Morgan fingerprint density at radius 3 is 2.86 bits per heavy atom. The first-order valence-electron chi connectivity index (χ1n) is 10.2. The molecule has 8 heteroatoms. The lowest BCUT2D eigenvalue weighted by Gasteiger charge is -2.29. The van der Waals surface area contributed by atoms with Crippen LogP contribution in [-0.4, -0.2) is 64.2 Å². The largest absolute Gasteiger partial charge is 0.490 e. The van der Waals surface area contributed by atoms with Gasteiger partial charge in [0.2, 0.25) is 0 Å². The molecule has 0 bridgehead atoms. The molecule has 0 spiro atoms. The Labute approximate surface area is 174 Å². The highest BCUT2D eigenvalue weighted by molar-refractivity contribution is 7.81. The summed E-state index contributed by atoms with van der Waals surface area (Å²) in [6, 6.07) is 5.58. The fraction of sp³-hybridized carbons (Fsp3) is 0.476. The summed E-state index contributed by atoms with van der Waals surface area (Å²) in [5, 5.41) is 12.2. The molecule has 2 fully saturated rings. The van der Waals surface area contributed by atoms with Crippen LogP contribution in [0.3, 0.4) is 0 Å². The topological polar surface area (TPSA) is 94.7 Å². The van der Waals surface area contributed by atoms with E-state index in [2.05, 4.69) is 10.2 Å². The zero-order chi connectivity index (χ0) is 20.4. The number of ether oxygens (including phenoxy) is 1.